The standard InChI is InChI=1S/C18H18IN3O/c1-14-12-16(19)9-10-17(14)20-13-18(23)22-21-11-5-8-15-6-3-2-4-7-15/h2-12,20H,13H2,1H3,(H,22,23)/b8-5+,21-11+. The van der Waals surface area contributed by atoms with Gasteiger partial charge in [-0.05, 0) is 64.9 Å². The third kappa shape index (κ3) is 6.23. The van der Waals surface area contributed by atoms with E-state index in [1.165, 1.54) is 3.57 Å². The molecule has 0 bridgehead atoms. The molecule has 0 aliphatic rings. The molecule has 118 valence electrons. The topological polar surface area (TPSA) is 53.5 Å². The van der Waals surface area contributed by atoms with Gasteiger partial charge in [0.05, 0.1) is 6.54 Å². The average Bonchev–Trinajstić information content (AvgIpc) is 2.54. The second-order valence-corrected chi connectivity index (χ2v) is 6.14. The first-order chi connectivity index (χ1) is 11.1. The molecule has 0 radical (unpaired) electrons. The third-order valence-electron chi connectivity index (χ3n) is 3.07. The molecule has 1 amide bonds. The third-order valence-corrected chi connectivity index (χ3v) is 3.74. The van der Waals surface area contributed by atoms with Crippen molar-refractivity contribution in [3.05, 3.63) is 69.3 Å². The molecule has 0 aliphatic heterocycles. The highest BCUT2D eigenvalue weighted by molar-refractivity contribution is 14.1. The molecule has 5 heteroatoms. The van der Waals surface area contributed by atoms with Crippen molar-refractivity contribution in [1.29, 1.82) is 0 Å². The zero-order valence-electron chi connectivity index (χ0n) is 12.8. The predicted octanol–water partition coefficient (Wildman–Crippen LogP) is 3.83. The fourth-order valence-electron chi connectivity index (χ4n) is 1.91. The quantitative estimate of drug-likeness (QED) is 0.425. The van der Waals surface area contributed by atoms with Crippen molar-refractivity contribution < 1.29 is 4.79 Å². The van der Waals surface area contributed by atoms with E-state index in [4.69, 9.17) is 0 Å². The summed E-state index contributed by atoms with van der Waals surface area (Å²) in [5.41, 5.74) is 5.63. The highest BCUT2D eigenvalue weighted by atomic mass is 127. The van der Waals surface area contributed by atoms with E-state index < -0.39 is 0 Å². The van der Waals surface area contributed by atoms with Gasteiger partial charge in [0.1, 0.15) is 0 Å². The summed E-state index contributed by atoms with van der Waals surface area (Å²) < 4.78 is 1.17. The SMILES string of the molecule is Cc1cc(I)ccc1NCC(=O)N/N=C/C=C/c1ccccc1. The number of allylic oxidation sites excluding steroid dienone is 1. The molecule has 4 nitrogen and oxygen atoms in total. The van der Waals surface area contributed by atoms with Crippen LogP contribution in [0.3, 0.4) is 0 Å². The molecule has 0 aromatic heterocycles. The molecule has 0 spiro atoms. The molecule has 0 saturated heterocycles. The number of nitrogens with zero attached hydrogens (tertiary/aromatic N) is 1. The Bertz CT molecular complexity index is 711. The van der Waals surface area contributed by atoms with E-state index in [0.717, 1.165) is 16.8 Å². The summed E-state index contributed by atoms with van der Waals surface area (Å²) >= 11 is 2.26. The Kier molecular flexibility index (Phi) is 6.80. The van der Waals surface area contributed by atoms with Crippen molar-refractivity contribution in [1.82, 2.24) is 5.43 Å². The molecule has 0 fully saturated rings. The molecular formula is C18H18IN3O. The van der Waals surface area contributed by atoms with Crippen LogP contribution < -0.4 is 10.7 Å². The molecule has 0 atom stereocenters. The van der Waals surface area contributed by atoms with Crippen LogP contribution in [-0.4, -0.2) is 18.7 Å². The second kappa shape index (κ2) is 9.09. The number of aryl methyl sites for hydroxylation is 1. The van der Waals surface area contributed by atoms with Crippen LogP contribution in [0.15, 0.2) is 59.7 Å². The Labute approximate surface area is 149 Å². The van der Waals surface area contributed by atoms with E-state index in [1.807, 2.05) is 55.5 Å². The monoisotopic (exact) mass is 419 g/mol. The molecule has 2 aromatic carbocycles. The number of carbonyl (C=O) groups is 1. The maximum Gasteiger partial charge on any atom is 0.259 e. The summed E-state index contributed by atoms with van der Waals surface area (Å²) in [6, 6.07) is 15.9. The van der Waals surface area contributed by atoms with Crippen molar-refractivity contribution in [2.75, 3.05) is 11.9 Å². The fourth-order valence-corrected chi connectivity index (χ4v) is 2.56. The van der Waals surface area contributed by atoms with Gasteiger partial charge >= 0.3 is 0 Å². The van der Waals surface area contributed by atoms with Crippen LogP contribution in [0.4, 0.5) is 5.69 Å². The van der Waals surface area contributed by atoms with E-state index in [9.17, 15) is 4.79 Å². The Morgan fingerprint density at radius 3 is 2.74 bits per heavy atom. The van der Waals surface area contributed by atoms with Crippen LogP contribution in [0.2, 0.25) is 0 Å². The van der Waals surface area contributed by atoms with Crippen LogP contribution in [0.5, 0.6) is 0 Å². The van der Waals surface area contributed by atoms with Gasteiger partial charge in [-0.3, -0.25) is 4.79 Å². The summed E-state index contributed by atoms with van der Waals surface area (Å²) in [7, 11) is 0. The predicted molar refractivity (Wildman–Crippen MR) is 104 cm³/mol. The number of hydrogen-bond acceptors (Lipinski definition) is 3. The number of rotatable bonds is 6. The maximum atomic E-state index is 11.7. The van der Waals surface area contributed by atoms with Crippen molar-refractivity contribution >= 4 is 46.5 Å². The zero-order valence-corrected chi connectivity index (χ0v) is 14.9. The lowest BCUT2D eigenvalue weighted by Crippen LogP contribution is -2.25. The van der Waals surface area contributed by atoms with Crippen molar-refractivity contribution in [3.63, 3.8) is 0 Å². The highest BCUT2D eigenvalue weighted by Crippen LogP contribution is 2.17. The van der Waals surface area contributed by atoms with Gasteiger partial charge in [0, 0.05) is 15.5 Å². The Hall–Kier alpha value is -2.15. The molecular weight excluding hydrogens is 401 g/mol. The molecule has 2 rings (SSSR count). The number of benzene rings is 2. The first kappa shape index (κ1) is 17.2. The van der Waals surface area contributed by atoms with E-state index in [0.29, 0.717) is 0 Å². The van der Waals surface area contributed by atoms with Crippen molar-refractivity contribution in [3.8, 4) is 0 Å². The summed E-state index contributed by atoms with van der Waals surface area (Å²) in [5.74, 6) is -0.188. The highest BCUT2D eigenvalue weighted by Gasteiger charge is 2.02. The molecule has 0 aliphatic carbocycles. The number of nitrogens with one attached hydrogen (secondary N) is 2. The minimum Gasteiger partial charge on any atom is -0.376 e. The molecule has 2 aromatic rings. The Balaban J connectivity index is 1.74. The van der Waals surface area contributed by atoms with Crippen LogP contribution in [-0.2, 0) is 4.79 Å². The first-order valence-corrected chi connectivity index (χ1v) is 8.26. The first-order valence-electron chi connectivity index (χ1n) is 7.19. The summed E-state index contributed by atoms with van der Waals surface area (Å²) in [6.45, 7) is 2.19. The average molecular weight is 419 g/mol. The minimum atomic E-state index is -0.188. The van der Waals surface area contributed by atoms with E-state index in [1.54, 1.807) is 12.3 Å². The number of amides is 1. The lowest BCUT2D eigenvalue weighted by atomic mass is 10.2. The van der Waals surface area contributed by atoms with Gasteiger partial charge in [-0.25, -0.2) is 5.43 Å². The van der Waals surface area contributed by atoms with Gasteiger partial charge in [0.15, 0.2) is 0 Å². The van der Waals surface area contributed by atoms with Crippen LogP contribution >= 0.6 is 22.6 Å². The lowest BCUT2D eigenvalue weighted by molar-refractivity contribution is -0.119. The number of anilines is 1. The summed E-state index contributed by atoms with van der Waals surface area (Å²) in [6.07, 6.45) is 5.26. The van der Waals surface area contributed by atoms with E-state index >= 15 is 0 Å². The summed E-state index contributed by atoms with van der Waals surface area (Å²) in [4.78, 5) is 11.7. The van der Waals surface area contributed by atoms with Gasteiger partial charge in [-0.15, -0.1) is 0 Å². The Morgan fingerprint density at radius 2 is 2.00 bits per heavy atom. The zero-order chi connectivity index (χ0) is 16.5. The molecule has 2 N–H and O–H groups in total. The number of carbonyl (C=O) groups excluding carboxylic acids is 1. The van der Waals surface area contributed by atoms with Crippen molar-refractivity contribution in [2.45, 2.75) is 6.92 Å². The van der Waals surface area contributed by atoms with Crippen LogP contribution in [0.25, 0.3) is 6.08 Å². The van der Waals surface area contributed by atoms with E-state index in [2.05, 4.69) is 44.5 Å². The van der Waals surface area contributed by atoms with Crippen molar-refractivity contribution in [2.24, 2.45) is 5.10 Å². The maximum absolute atomic E-state index is 11.7. The van der Waals surface area contributed by atoms with Gasteiger partial charge in [0.2, 0.25) is 0 Å². The summed E-state index contributed by atoms with van der Waals surface area (Å²) in [5, 5.41) is 6.98. The second-order valence-electron chi connectivity index (χ2n) is 4.90. The Morgan fingerprint density at radius 1 is 1.22 bits per heavy atom. The smallest absolute Gasteiger partial charge is 0.259 e. The molecule has 0 heterocycles. The van der Waals surface area contributed by atoms with Gasteiger partial charge in [0.25, 0.3) is 5.91 Å². The van der Waals surface area contributed by atoms with E-state index in [-0.39, 0.29) is 12.5 Å². The van der Waals surface area contributed by atoms with Crippen LogP contribution in [0.1, 0.15) is 11.1 Å². The van der Waals surface area contributed by atoms with Crippen LogP contribution in [0, 0.1) is 10.5 Å². The molecule has 0 saturated carbocycles. The van der Waals surface area contributed by atoms with Gasteiger partial charge < -0.3 is 5.32 Å². The fraction of sp³-hybridized carbons (Fsp3) is 0.111. The minimum absolute atomic E-state index is 0.182. The number of hydrogen-bond donors (Lipinski definition) is 2. The number of halogens is 1. The molecule has 23 heavy (non-hydrogen) atoms. The molecule has 0 unspecified atom stereocenters. The number of hydrazone groups is 1. The normalized spacial score (nSPS) is 11.0. The van der Waals surface area contributed by atoms with Gasteiger partial charge in [-0.1, -0.05) is 36.4 Å². The van der Waals surface area contributed by atoms with Gasteiger partial charge in [-0.2, -0.15) is 5.10 Å². The lowest BCUT2D eigenvalue weighted by Gasteiger charge is -2.08. The largest absolute Gasteiger partial charge is 0.376 e.